The SMILES string of the molecule is CC(C)C1=CC=CC1.CC(C)C1=CN=CC1.CC(C)C1=NC=CC1.CC(C)C1=NN=CC1.CC(C)c1ccn[nH]1.CC(C)c1ccon1.CC(C)c1ccsn1.CC(C)c1cn[nH]n1.CC(C)c1cnc[nH]1. The van der Waals surface area contributed by atoms with E-state index in [0.29, 0.717) is 47.3 Å². The zero-order chi connectivity index (χ0) is 53.8. The third-order valence-electron chi connectivity index (χ3n) is 10.9. The summed E-state index contributed by atoms with van der Waals surface area (Å²) in [5, 5.41) is 30.2. The van der Waals surface area contributed by atoms with Gasteiger partial charge in [-0.25, -0.2) is 4.98 Å². The minimum Gasteiger partial charge on any atom is -0.365 e. The molecule has 5 aromatic heterocycles. The van der Waals surface area contributed by atoms with Crippen molar-refractivity contribution in [3.63, 3.8) is 0 Å². The molecule has 0 amide bonds. The van der Waals surface area contributed by atoms with Crippen LogP contribution in [0.5, 0.6) is 0 Å². The molecular formula is C57H91N13OS. The summed E-state index contributed by atoms with van der Waals surface area (Å²) in [6, 6.07) is 5.94. The molecule has 8 heterocycles. The van der Waals surface area contributed by atoms with Crippen LogP contribution in [0.2, 0.25) is 0 Å². The van der Waals surface area contributed by atoms with Gasteiger partial charge in [0.25, 0.3) is 0 Å². The third kappa shape index (κ3) is 29.4. The Morgan fingerprint density at radius 1 is 0.583 bits per heavy atom. The van der Waals surface area contributed by atoms with Crippen molar-refractivity contribution in [3.05, 3.63) is 131 Å². The van der Waals surface area contributed by atoms with Gasteiger partial charge in [0.05, 0.1) is 29.6 Å². The minimum atomic E-state index is 0.480. The van der Waals surface area contributed by atoms with Crippen LogP contribution in [0.15, 0.2) is 127 Å². The van der Waals surface area contributed by atoms with E-state index in [-0.39, 0.29) is 0 Å². The number of rotatable bonds is 9. The van der Waals surface area contributed by atoms with Crippen LogP contribution < -0.4 is 0 Å². The second-order valence-electron chi connectivity index (χ2n) is 20.1. The van der Waals surface area contributed by atoms with Crippen molar-refractivity contribution in [2.45, 2.75) is 180 Å². The standard InChI is InChI=1S/C8H12.2C7H11N.3C6H10N2.C6H9NO.C6H9NS.C5H9N3/c1-7(2)8-5-3-4-6-8;1-6(2)7-3-4-8-5-7;1-6(2)7-4-3-5-8-7;1-5(2)6-3-7-4-8-6;2*1-5(2)6-3-4-7-8-6;2*1-5(2)6-3-4-8-7-6;1-4(2)5-3-6-8-7-5/h3-5,7H,6H2,1-2H3;4-6H,3H2,1-2H3;3,5-6H,4H2,1-2H3;3-5H,1-2H3,(H,7,8);4-5H,3H2,1-2H3;3-5H,1-2H3,(H,7,8);2*3-5H,1-2H3;3-4H,1-2H3,(H,6,7,8). The summed E-state index contributed by atoms with van der Waals surface area (Å²) in [6.07, 6.45) is 29.2. The van der Waals surface area contributed by atoms with Crippen LogP contribution in [-0.4, -0.2) is 69.0 Å². The highest BCUT2D eigenvalue weighted by atomic mass is 32.1. The molecule has 1 aliphatic carbocycles. The van der Waals surface area contributed by atoms with Gasteiger partial charge in [0.15, 0.2) is 0 Å². The van der Waals surface area contributed by atoms with Crippen molar-refractivity contribution >= 4 is 35.4 Å². The Labute approximate surface area is 438 Å². The Hall–Kier alpha value is -5.96. The molecule has 0 fully saturated rings. The lowest BCUT2D eigenvalue weighted by molar-refractivity contribution is 0.408. The molecule has 3 aliphatic heterocycles. The number of aliphatic imine (C=N–C) groups is 2. The van der Waals surface area contributed by atoms with Crippen LogP contribution in [0, 0.1) is 23.7 Å². The highest BCUT2D eigenvalue weighted by Crippen LogP contribution is 2.19. The molecule has 0 unspecified atom stereocenters. The summed E-state index contributed by atoms with van der Waals surface area (Å²) in [6.45, 7) is 38.6. The maximum absolute atomic E-state index is 4.63. The van der Waals surface area contributed by atoms with Crippen LogP contribution in [0.25, 0.3) is 0 Å². The molecule has 0 bridgehead atoms. The van der Waals surface area contributed by atoms with Gasteiger partial charge in [0, 0.05) is 90.7 Å². The average molecular weight is 1010 g/mol. The molecule has 0 radical (unpaired) electrons. The summed E-state index contributed by atoms with van der Waals surface area (Å²) in [4.78, 5) is 15.1. The number of nitrogens with one attached hydrogen (secondary N) is 3. The summed E-state index contributed by atoms with van der Waals surface area (Å²) in [5.74, 6) is 5.30. The van der Waals surface area contributed by atoms with Crippen LogP contribution in [0.4, 0.5) is 0 Å². The number of aromatic nitrogens is 9. The molecule has 396 valence electrons. The molecule has 9 rings (SSSR count). The Morgan fingerprint density at radius 3 is 1.51 bits per heavy atom. The third-order valence-corrected chi connectivity index (χ3v) is 11.5. The van der Waals surface area contributed by atoms with E-state index in [1.807, 2.05) is 48.5 Å². The van der Waals surface area contributed by atoms with Gasteiger partial charge in [-0.2, -0.15) is 35.1 Å². The first-order chi connectivity index (χ1) is 34.2. The largest absolute Gasteiger partial charge is 0.365 e. The summed E-state index contributed by atoms with van der Waals surface area (Å²) in [7, 11) is 0. The molecule has 14 nitrogen and oxygen atoms in total. The van der Waals surface area contributed by atoms with E-state index in [4.69, 9.17) is 0 Å². The number of hydrogen-bond acceptors (Lipinski definition) is 12. The van der Waals surface area contributed by atoms with Crippen molar-refractivity contribution in [1.29, 1.82) is 0 Å². The lowest BCUT2D eigenvalue weighted by atomic mass is 10.0. The molecule has 0 aromatic carbocycles. The maximum Gasteiger partial charge on any atom is 0.124 e. The van der Waals surface area contributed by atoms with E-state index in [0.717, 1.165) is 36.6 Å². The highest BCUT2D eigenvalue weighted by molar-refractivity contribution is 7.03. The maximum atomic E-state index is 4.63. The molecule has 5 aromatic rings. The van der Waals surface area contributed by atoms with Crippen molar-refractivity contribution < 1.29 is 4.52 Å². The summed E-state index contributed by atoms with van der Waals surface area (Å²) >= 11 is 1.52. The van der Waals surface area contributed by atoms with Crippen LogP contribution in [0.3, 0.4) is 0 Å². The molecule has 4 aliphatic rings. The molecule has 72 heavy (non-hydrogen) atoms. The Morgan fingerprint density at radius 2 is 1.26 bits per heavy atom. The zero-order valence-corrected chi connectivity index (χ0v) is 47.9. The van der Waals surface area contributed by atoms with Crippen molar-refractivity contribution in [2.24, 2.45) is 43.9 Å². The van der Waals surface area contributed by atoms with E-state index < -0.39 is 0 Å². The molecule has 0 saturated heterocycles. The molecule has 15 heteroatoms. The number of H-pyrrole nitrogens is 3. The van der Waals surface area contributed by atoms with Crippen molar-refractivity contribution in [2.75, 3.05) is 0 Å². The monoisotopic (exact) mass is 1010 g/mol. The van der Waals surface area contributed by atoms with Gasteiger partial charge < -0.3 is 9.51 Å². The van der Waals surface area contributed by atoms with Gasteiger partial charge in [-0.3, -0.25) is 15.1 Å². The first-order valence-electron chi connectivity index (χ1n) is 25.7. The quantitative estimate of drug-likeness (QED) is 0.131. The summed E-state index contributed by atoms with van der Waals surface area (Å²) < 4.78 is 8.78. The molecule has 3 N–H and O–H groups in total. The average Bonchev–Trinajstić information content (AvgIpc) is 4.22. The predicted molar refractivity (Wildman–Crippen MR) is 307 cm³/mol. The fraction of sp³-hybridized carbons (Fsp3) is 0.544. The number of imidazole rings is 1. The highest BCUT2D eigenvalue weighted by Gasteiger charge is 2.07. The first kappa shape index (κ1) is 64.1. The minimum absolute atomic E-state index is 0.480. The van der Waals surface area contributed by atoms with Crippen LogP contribution in [0.1, 0.15) is 208 Å². The number of allylic oxidation sites excluding steroid dienone is 6. The number of hydrogen-bond donors (Lipinski definition) is 3. The Balaban J connectivity index is 0.000000405. The second kappa shape index (κ2) is 37.8. The van der Waals surface area contributed by atoms with Gasteiger partial charge in [0.2, 0.25) is 0 Å². The predicted octanol–water partition coefficient (Wildman–Crippen LogP) is 16.1. The lowest BCUT2D eigenvalue weighted by Crippen LogP contribution is -2.03. The van der Waals surface area contributed by atoms with Gasteiger partial charge in [-0.1, -0.05) is 160 Å². The van der Waals surface area contributed by atoms with Gasteiger partial charge >= 0.3 is 0 Å². The van der Waals surface area contributed by atoms with Crippen molar-refractivity contribution in [3.8, 4) is 0 Å². The second-order valence-corrected chi connectivity index (χ2v) is 20.7. The zero-order valence-electron chi connectivity index (χ0n) is 47.1. The van der Waals surface area contributed by atoms with E-state index in [9.17, 15) is 0 Å². The van der Waals surface area contributed by atoms with Gasteiger partial charge in [0.1, 0.15) is 6.26 Å². The van der Waals surface area contributed by atoms with Gasteiger partial charge in [-0.05, 0) is 88.9 Å². The fourth-order valence-corrected chi connectivity index (χ4v) is 6.39. The molecular weight excluding hydrogens is 915 g/mol. The van der Waals surface area contributed by atoms with E-state index in [1.54, 1.807) is 30.6 Å². The Kier molecular flexibility index (Phi) is 33.6. The van der Waals surface area contributed by atoms with E-state index in [2.05, 4.69) is 225 Å². The van der Waals surface area contributed by atoms with E-state index >= 15 is 0 Å². The number of aromatic amines is 3. The van der Waals surface area contributed by atoms with Crippen LogP contribution >= 0.6 is 11.5 Å². The summed E-state index contributed by atoms with van der Waals surface area (Å²) in [5.41, 5.74) is 11.2. The molecule has 0 saturated carbocycles. The lowest BCUT2D eigenvalue weighted by Gasteiger charge is -2.02. The topological polar surface area (TPSA) is 187 Å². The fourth-order valence-electron chi connectivity index (χ4n) is 5.74. The Bertz CT molecular complexity index is 1930. The van der Waals surface area contributed by atoms with Crippen LogP contribution in [-0.2, 0) is 0 Å². The first-order valence-corrected chi connectivity index (χ1v) is 26.6. The number of nitrogens with zero attached hydrogens (tertiary/aromatic N) is 10. The molecule has 0 spiro atoms. The van der Waals surface area contributed by atoms with Gasteiger partial charge in [-0.15, -0.1) is 0 Å². The van der Waals surface area contributed by atoms with Crippen molar-refractivity contribution in [1.82, 2.24) is 45.1 Å². The molecule has 0 atom stereocenters. The van der Waals surface area contributed by atoms with E-state index in [1.165, 1.54) is 52.0 Å². The smallest absolute Gasteiger partial charge is 0.124 e. The normalized spacial score (nSPS) is 13.6.